The molecule has 1 N–H and O–H groups in total. The van der Waals surface area contributed by atoms with Crippen molar-refractivity contribution in [2.24, 2.45) is 5.92 Å². The highest BCUT2D eigenvalue weighted by atomic mass is 16.4. The Morgan fingerprint density at radius 1 is 1.14 bits per heavy atom. The van der Waals surface area contributed by atoms with Crippen LogP contribution in [0.3, 0.4) is 0 Å². The number of amides is 1. The summed E-state index contributed by atoms with van der Waals surface area (Å²) in [6.07, 6.45) is 6.31. The molecule has 0 spiro atoms. The van der Waals surface area contributed by atoms with E-state index in [4.69, 9.17) is 5.11 Å². The monoisotopic (exact) mass is 289 g/mol. The van der Waals surface area contributed by atoms with E-state index in [0.29, 0.717) is 18.9 Å². The highest BCUT2D eigenvalue weighted by molar-refractivity contribution is 5.81. The number of rotatable bonds is 7. The highest BCUT2D eigenvalue weighted by Gasteiger charge is 2.20. The average Bonchev–Trinajstić information content (AvgIpc) is 2.98. The summed E-state index contributed by atoms with van der Waals surface area (Å²) < 4.78 is 0. The van der Waals surface area contributed by atoms with E-state index >= 15 is 0 Å². The molecular formula is C17H23NO3. The molecule has 0 aliphatic heterocycles. The number of benzene rings is 1. The van der Waals surface area contributed by atoms with Crippen LogP contribution in [0, 0.1) is 5.92 Å². The summed E-state index contributed by atoms with van der Waals surface area (Å²) in [6.45, 7) is 0.148. The van der Waals surface area contributed by atoms with E-state index in [1.54, 1.807) is 0 Å². The van der Waals surface area contributed by atoms with Gasteiger partial charge in [0.25, 0.3) is 0 Å². The summed E-state index contributed by atoms with van der Waals surface area (Å²) in [5.41, 5.74) is 0.966. The van der Waals surface area contributed by atoms with E-state index in [1.807, 2.05) is 30.3 Å². The topological polar surface area (TPSA) is 57.6 Å². The maximum atomic E-state index is 12.3. The molecular weight excluding hydrogens is 266 g/mol. The summed E-state index contributed by atoms with van der Waals surface area (Å²) in [4.78, 5) is 24.7. The van der Waals surface area contributed by atoms with Crippen LogP contribution in [0.15, 0.2) is 30.3 Å². The lowest BCUT2D eigenvalue weighted by Crippen LogP contribution is -2.35. The summed E-state index contributed by atoms with van der Waals surface area (Å²) in [6, 6.07) is 9.54. The van der Waals surface area contributed by atoms with Crippen molar-refractivity contribution < 1.29 is 14.7 Å². The Balaban J connectivity index is 1.90. The molecule has 0 aromatic heterocycles. The number of carboxylic acid groups (broad SMARTS) is 1. The first-order chi connectivity index (χ1) is 10.1. The van der Waals surface area contributed by atoms with Gasteiger partial charge in [-0.3, -0.25) is 9.59 Å². The lowest BCUT2D eigenvalue weighted by atomic mass is 10.0. The predicted molar refractivity (Wildman–Crippen MR) is 80.7 cm³/mol. The second kappa shape index (κ2) is 7.81. The highest BCUT2D eigenvalue weighted by Crippen LogP contribution is 2.28. The molecule has 1 fully saturated rings. The minimum absolute atomic E-state index is 0.0480. The summed E-state index contributed by atoms with van der Waals surface area (Å²) in [5, 5.41) is 9.00. The fraction of sp³-hybridized carbons (Fsp3) is 0.529. The first kappa shape index (κ1) is 15.5. The minimum atomic E-state index is -0.958. The van der Waals surface area contributed by atoms with Gasteiger partial charge in [0.1, 0.15) is 6.54 Å². The Morgan fingerprint density at radius 2 is 1.81 bits per heavy atom. The van der Waals surface area contributed by atoms with Crippen molar-refractivity contribution in [1.82, 2.24) is 4.90 Å². The lowest BCUT2D eigenvalue weighted by Gasteiger charge is -2.21. The summed E-state index contributed by atoms with van der Waals surface area (Å²) >= 11 is 0. The zero-order valence-electron chi connectivity index (χ0n) is 12.3. The van der Waals surface area contributed by atoms with Crippen molar-refractivity contribution in [2.75, 3.05) is 6.54 Å². The number of nitrogens with zero attached hydrogens (tertiary/aromatic N) is 1. The maximum absolute atomic E-state index is 12.3. The van der Waals surface area contributed by atoms with Crippen molar-refractivity contribution in [3.05, 3.63) is 35.9 Å². The molecule has 4 heteroatoms. The molecule has 2 rings (SSSR count). The van der Waals surface area contributed by atoms with Gasteiger partial charge in [0.2, 0.25) is 5.91 Å². The second-order valence-corrected chi connectivity index (χ2v) is 5.82. The molecule has 1 aromatic carbocycles. The fourth-order valence-corrected chi connectivity index (χ4v) is 2.98. The molecule has 0 unspecified atom stereocenters. The van der Waals surface area contributed by atoms with Crippen LogP contribution in [0.25, 0.3) is 0 Å². The summed E-state index contributed by atoms with van der Waals surface area (Å²) in [5.74, 6) is -0.356. The Hall–Kier alpha value is -1.84. The molecule has 1 aromatic rings. The molecule has 1 amide bonds. The first-order valence-electron chi connectivity index (χ1n) is 7.68. The van der Waals surface area contributed by atoms with Gasteiger partial charge in [0.15, 0.2) is 0 Å². The second-order valence-electron chi connectivity index (χ2n) is 5.82. The summed E-state index contributed by atoms with van der Waals surface area (Å²) in [7, 11) is 0. The van der Waals surface area contributed by atoms with Gasteiger partial charge in [-0.1, -0.05) is 56.0 Å². The standard InChI is InChI=1S/C17H23NO3/c19-16(11-10-14-6-4-5-7-14)18(13-17(20)21)12-15-8-2-1-3-9-15/h1-3,8-9,14H,4-7,10-13H2,(H,20,21). The van der Waals surface area contributed by atoms with Crippen LogP contribution in [0.4, 0.5) is 0 Å². The fourth-order valence-electron chi connectivity index (χ4n) is 2.98. The average molecular weight is 289 g/mol. The first-order valence-corrected chi connectivity index (χ1v) is 7.68. The quantitative estimate of drug-likeness (QED) is 0.839. The molecule has 114 valence electrons. The minimum Gasteiger partial charge on any atom is -0.480 e. The van der Waals surface area contributed by atoms with Crippen molar-refractivity contribution in [3.63, 3.8) is 0 Å². The van der Waals surface area contributed by atoms with Gasteiger partial charge in [0.05, 0.1) is 0 Å². The molecule has 1 aliphatic rings. The van der Waals surface area contributed by atoms with Crippen LogP contribution in [0.5, 0.6) is 0 Å². The van der Waals surface area contributed by atoms with Gasteiger partial charge in [-0.15, -0.1) is 0 Å². The van der Waals surface area contributed by atoms with E-state index in [9.17, 15) is 9.59 Å². The molecule has 21 heavy (non-hydrogen) atoms. The molecule has 0 atom stereocenters. The zero-order valence-corrected chi connectivity index (χ0v) is 12.3. The number of carbonyl (C=O) groups excluding carboxylic acids is 1. The van der Waals surface area contributed by atoms with E-state index in [0.717, 1.165) is 12.0 Å². The SMILES string of the molecule is O=C(O)CN(Cc1ccccc1)C(=O)CCC1CCCC1. The lowest BCUT2D eigenvalue weighted by molar-refractivity contribution is -0.145. The number of hydrogen-bond donors (Lipinski definition) is 1. The van der Waals surface area contributed by atoms with Crippen molar-refractivity contribution >= 4 is 11.9 Å². The smallest absolute Gasteiger partial charge is 0.323 e. The van der Waals surface area contributed by atoms with Crippen molar-refractivity contribution in [1.29, 1.82) is 0 Å². The predicted octanol–water partition coefficient (Wildman–Crippen LogP) is 3.07. The Morgan fingerprint density at radius 3 is 2.43 bits per heavy atom. The van der Waals surface area contributed by atoms with E-state index < -0.39 is 5.97 Å². The largest absolute Gasteiger partial charge is 0.480 e. The zero-order chi connectivity index (χ0) is 15.1. The third-order valence-electron chi connectivity index (χ3n) is 4.14. The maximum Gasteiger partial charge on any atom is 0.323 e. The third-order valence-corrected chi connectivity index (χ3v) is 4.14. The number of carboxylic acids is 1. The molecule has 0 radical (unpaired) electrons. The van der Waals surface area contributed by atoms with Gasteiger partial charge in [-0.2, -0.15) is 0 Å². The third kappa shape index (κ3) is 5.21. The molecule has 0 saturated heterocycles. The van der Waals surface area contributed by atoms with E-state index in [1.165, 1.54) is 30.6 Å². The van der Waals surface area contributed by atoms with Gasteiger partial charge < -0.3 is 10.0 Å². The Kier molecular flexibility index (Phi) is 5.78. The van der Waals surface area contributed by atoms with Gasteiger partial charge in [0, 0.05) is 13.0 Å². The van der Waals surface area contributed by atoms with Crippen LogP contribution in [-0.2, 0) is 16.1 Å². The molecule has 1 aliphatic carbocycles. The van der Waals surface area contributed by atoms with Gasteiger partial charge in [-0.05, 0) is 17.9 Å². The molecule has 4 nitrogen and oxygen atoms in total. The van der Waals surface area contributed by atoms with Crippen molar-refractivity contribution in [3.8, 4) is 0 Å². The van der Waals surface area contributed by atoms with Gasteiger partial charge >= 0.3 is 5.97 Å². The van der Waals surface area contributed by atoms with Crippen LogP contribution in [0.1, 0.15) is 44.1 Å². The van der Waals surface area contributed by atoms with Crippen LogP contribution in [-0.4, -0.2) is 28.4 Å². The van der Waals surface area contributed by atoms with Crippen molar-refractivity contribution in [2.45, 2.75) is 45.1 Å². The van der Waals surface area contributed by atoms with Gasteiger partial charge in [-0.25, -0.2) is 0 Å². The van der Waals surface area contributed by atoms with E-state index in [-0.39, 0.29) is 12.5 Å². The van der Waals surface area contributed by atoms with Crippen LogP contribution in [0.2, 0.25) is 0 Å². The Labute approximate surface area is 125 Å². The normalized spacial score (nSPS) is 15.0. The molecule has 0 bridgehead atoms. The molecule has 0 heterocycles. The number of aliphatic carboxylic acids is 1. The Bertz CT molecular complexity index is 466. The van der Waals surface area contributed by atoms with Crippen LogP contribution < -0.4 is 0 Å². The number of hydrogen-bond acceptors (Lipinski definition) is 2. The van der Waals surface area contributed by atoms with E-state index in [2.05, 4.69) is 0 Å². The number of carbonyl (C=O) groups is 2. The van der Waals surface area contributed by atoms with Crippen LogP contribution >= 0.6 is 0 Å². The molecule has 1 saturated carbocycles.